The van der Waals surface area contributed by atoms with Gasteiger partial charge in [0.15, 0.2) is 0 Å². The molecule has 14 heavy (non-hydrogen) atoms. The summed E-state index contributed by atoms with van der Waals surface area (Å²) in [6.45, 7) is 2.05. The monoisotopic (exact) mass is 213 g/mol. The molecule has 0 saturated carbocycles. The highest BCUT2D eigenvalue weighted by Crippen LogP contribution is 2.17. The zero-order valence-electron chi connectivity index (χ0n) is 8.19. The summed E-state index contributed by atoms with van der Waals surface area (Å²) in [5.41, 5.74) is 5.81. The van der Waals surface area contributed by atoms with E-state index in [1.165, 1.54) is 9.75 Å². The van der Waals surface area contributed by atoms with Crippen molar-refractivity contribution < 1.29 is 9.90 Å². The smallest absolute Gasteiger partial charge is 0.303 e. The first-order valence-electron chi connectivity index (χ1n) is 4.60. The SMILES string of the molecule is Cc1ccc(CC(N)CCC(=O)O)s1. The zero-order valence-corrected chi connectivity index (χ0v) is 9.01. The molecule has 0 aliphatic carbocycles. The standard InChI is InChI=1S/C10H15NO2S/c1-7-2-4-9(14-7)6-8(11)3-5-10(12)13/h2,4,8H,3,5-6,11H2,1H3,(H,12,13). The van der Waals surface area contributed by atoms with E-state index in [0.29, 0.717) is 6.42 Å². The molecule has 78 valence electrons. The lowest BCUT2D eigenvalue weighted by Gasteiger charge is -2.07. The molecule has 1 rings (SSSR count). The van der Waals surface area contributed by atoms with E-state index in [-0.39, 0.29) is 12.5 Å². The number of hydrogen-bond donors (Lipinski definition) is 2. The largest absolute Gasteiger partial charge is 0.481 e. The van der Waals surface area contributed by atoms with Crippen molar-refractivity contribution >= 4 is 17.3 Å². The Balaban J connectivity index is 2.33. The number of carboxylic acid groups (broad SMARTS) is 1. The summed E-state index contributed by atoms with van der Waals surface area (Å²) in [4.78, 5) is 12.8. The van der Waals surface area contributed by atoms with Crippen molar-refractivity contribution in [2.24, 2.45) is 5.73 Å². The lowest BCUT2D eigenvalue weighted by atomic mass is 10.1. The van der Waals surface area contributed by atoms with E-state index in [0.717, 1.165) is 6.42 Å². The minimum absolute atomic E-state index is 0.0378. The van der Waals surface area contributed by atoms with Crippen molar-refractivity contribution in [1.29, 1.82) is 0 Å². The van der Waals surface area contributed by atoms with E-state index in [1.807, 2.05) is 0 Å². The Morgan fingerprint density at radius 3 is 2.86 bits per heavy atom. The van der Waals surface area contributed by atoms with Gasteiger partial charge in [-0.15, -0.1) is 11.3 Å². The Kier molecular flexibility index (Phi) is 4.10. The van der Waals surface area contributed by atoms with Crippen molar-refractivity contribution in [2.75, 3.05) is 0 Å². The molecule has 0 aliphatic heterocycles. The van der Waals surface area contributed by atoms with Gasteiger partial charge in [0.1, 0.15) is 0 Å². The van der Waals surface area contributed by atoms with Crippen LogP contribution >= 0.6 is 11.3 Å². The third-order valence-electron chi connectivity index (χ3n) is 1.99. The Bertz CT molecular complexity index is 309. The minimum atomic E-state index is -0.775. The van der Waals surface area contributed by atoms with Gasteiger partial charge in [-0.05, 0) is 31.9 Å². The molecule has 0 amide bonds. The van der Waals surface area contributed by atoms with Gasteiger partial charge in [0.25, 0.3) is 0 Å². The fraction of sp³-hybridized carbons (Fsp3) is 0.500. The van der Waals surface area contributed by atoms with Gasteiger partial charge < -0.3 is 10.8 Å². The molecule has 0 bridgehead atoms. The normalized spacial score (nSPS) is 12.7. The van der Waals surface area contributed by atoms with Crippen LogP contribution in [-0.4, -0.2) is 17.1 Å². The molecular formula is C10H15NO2S. The van der Waals surface area contributed by atoms with Crippen molar-refractivity contribution in [3.63, 3.8) is 0 Å². The van der Waals surface area contributed by atoms with Gasteiger partial charge in [0.05, 0.1) is 0 Å². The van der Waals surface area contributed by atoms with Crippen LogP contribution in [0.2, 0.25) is 0 Å². The highest BCUT2D eigenvalue weighted by atomic mass is 32.1. The first-order valence-corrected chi connectivity index (χ1v) is 5.42. The molecule has 0 spiro atoms. The summed E-state index contributed by atoms with van der Waals surface area (Å²) in [5.74, 6) is -0.775. The summed E-state index contributed by atoms with van der Waals surface area (Å²) in [6, 6.07) is 4.08. The van der Waals surface area contributed by atoms with Gasteiger partial charge in [-0.25, -0.2) is 0 Å². The number of hydrogen-bond acceptors (Lipinski definition) is 3. The molecule has 0 aromatic carbocycles. The second-order valence-corrected chi connectivity index (χ2v) is 4.78. The van der Waals surface area contributed by atoms with Crippen LogP contribution in [0, 0.1) is 6.92 Å². The quantitative estimate of drug-likeness (QED) is 0.783. The van der Waals surface area contributed by atoms with Gasteiger partial charge in [-0.2, -0.15) is 0 Å². The van der Waals surface area contributed by atoms with E-state index in [4.69, 9.17) is 10.8 Å². The van der Waals surface area contributed by atoms with Crippen LogP contribution in [0.3, 0.4) is 0 Å². The van der Waals surface area contributed by atoms with Crippen molar-refractivity contribution in [1.82, 2.24) is 0 Å². The average molecular weight is 213 g/mol. The van der Waals surface area contributed by atoms with E-state index in [9.17, 15) is 4.79 Å². The number of carbonyl (C=O) groups is 1. The predicted molar refractivity (Wildman–Crippen MR) is 57.6 cm³/mol. The third-order valence-corrected chi connectivity index (χ3v) is 3.01. The lowest BCUT2D eigenvalue weighted by molar-refractivity contribution is -0.137. The number of rotatable bonds is 5. The molecule has 1 unspecified atom stereocenters. The Morgan fingerprint density at radius 2 is 2.36 bits per heavy atom. The molecule has 1 aromatic rings. The van der Waals surface area contributed by atoms with Crippen molar-refractivity contribution in [3.8, 4) is 0 Å². The summed E-state index contributed by atoms with van der Waals surface area (Å²) in [6.07, 6.45) is 1.49. The van der Waals surface area contributed by atoms with Gasteiger partial charge in [0.2, 0.25) is 0 Å². The summed E-state index contributed by atoms with van der Waals surface area (Å²) in [5, 5.41) is 8.48. The number of aryl methyl sites for hydroxylation is 1. The van der Waals surface area contributed by atoms with E-state index in [2.05, 4.69) is 19.1 Å². The first kappa shape index (κ1) is 11.2. The highest BCUT2D eigenvalue weighted by molar-refractivity contribution is 7.11. The molecule has 0 fully saturated rings. The van der Waals surface area contributed by atoms with Crippen LogP contribution in [0.5, 0.6) is 0 Å². The summed E-state index contributed by atoms with van der Waals surface area (Å²) >= 11 is 1.72. The number of aliphatic carboxylic acids is 1. The molecule has 0 radical (unpaired) electrons. The molecule has 0 saturated heterocycles. The van der Waals surface area contributed by atoms with E-state index < -0.39 is 5.97 Å². The van der Waals surface area contributed by atoms with Crippen molar-refractivity contribution in [2.45, 2.75) is 32.2 Å². The maximum Gasteiger partial charge on any atom is 0.303 e. The van der Waals surface area contributed by atoms with Crippen LogP contribution in [0.4, 0.5) is 0 Å². The molecule has 1 atom stereocenters. The Morgan fingerprint density at radius 1 is 1.64 bits per heavy atom. The number of carboxylic acids is 1. The fourth-order valence-corrected chi connectivity index (χ4v) is 2.25. The zero-order chi connectivity index (χ0) is 10.6. The maximum atomic E-state index is 10.3. The molecule has 1 heterocycles. The molecule has 4 heteroatoms. The maximum absolute atomic E-state index is 10.3. The first-order chi connectivity index (χ1) is 6.58. The molecule has 3 nitrogen and oxygen atoms in total. The summed E-state index contributed by atoms with van der Waals surface area (Å²) < 4.78 is 0. The molecular weight excluding hydrogens is 198 g/mol. The second kappa shape index (κ2) is 5.12. The van der Waals surface area contributed by atoms with Gasteiger partial charge in [-0.1, -0.05) is 0 Å². The van der Waals surface area contributed by atoms with Crippen LogP contribution in [0.15, 0.2) is 12.1 Å². The Labute approximate surface area is 87.6 Å². The van der Waals surface area contributed by atoms with Crippen LogP contribution in [0.25, 0.3) is 0 Å². The van der Waals surface area contributed by atoms with Crippen LogP contribution < -0.4 is 5.73 Å². The highest BCUT2D eigenvalue weighted by Gasteiger charge is 2.07. The molecule has 3 N–H and O–H groups in total. The van der Waals surface area contributed by atoms with E-state index in [1.54, 1.807) is 11.3 Å². The molecule has 0 aliphatic rings. The van der Waals surface area contributed by atoms with Gasteiger partial charge >= 0.3 is 5.97 Å². The predicted octanol–water partition coefficient (Wildman–Crippen LogP) is 1.79. The second-order valence-electron chi connectivity index (χ2n) is 3.41. The van der Waals surface area contributed by atoms with Gasteiger partial charge in [-0.3, -0.25) is 4.79 Å². The molecule has 1 aromatic heterocycles. The topological polar surface area (TPSA) is 63.3 Å². The fourth-order valence-electron chi connectivity index (χ4n) is 1.26. The van der Waals surface area contributed by atoms with Gasteiger partial charge in [0, 0.05) is 22.2 Å². The van der Waals surface area contributed by atoms with Crippen LogP contribution in [-0.2, 0) is 11.2 Å². The Hall–Kier alpha value is -0.870. The average Bonchev–Trinajstić information content (AvgIpc) is 2.48. The lowest BCUT2D eigenvalue weighted by Crippen LogP contribution is -2.23. The van der Waals surface area contributed by atoms with Crippen LogP contribution in [0.1, 0.15) is 22.6 Å². The third kappa shape index (κ3) is 3.89. The summed E-state index contributed by atoms with van der Waals surface area (Å²) in [7, 11) is 0. The number of nitrogens with two attached hydrogens (primary N) is 1. The minimum Gasteiger partial charge on any atom is -0.481 e. The van der Waals surface area contributed by atoms with E-state index >= 15 is 0 Å². The van der Waals surface area contributed by atoms with Crippen molar-refractivity contribution in [3.05, 3.63) is 21.9 Å². The number of thiophene rings is 1.